The minimum Gasteiger partial charge on any atom is -0.461 e. The summed E-state index contributed by atoms with van der Waals surface area (Å²) in [6.45, 7) is 2.34. The Kier molecular flexibility index (Phi) is 7.09. The normalized spacial score (nSPS) is 11.4. The molecule has 0 unspecified atom stereocenters. The van der Waals surface area contributed by atoms with Crippen LogP contribution in [0.15, 0.2) is 89.2 Å². The van der Waals surface area contributed by atoms with Gasteiger partial charge in [0.1, 0.15) is 5.69 Å². The first-order valence-corrected chi connectivity index (χ1v) is 12.4. The molecule has 2 heterocycles. The third-order valence-corrected chi connectivity index (χ3v) is 6.50. The molecule has 0 aliphatic carbocycles. The zero-order valence-corrected chi connectivity index (χ0v) is 20.7. The number of benzene rings is 3. The van der Waals surface area contributed by atoms with Gasteiger partial charge in [-0.2, -0.15) is 4.99 Å². The molecule has 0 bridgehead atoms. The number of ether oxygens (including phenoxy) is 1. The highest BCUT2D eigenvalue weighted by Gasteiger charge is 2.17. The molecule has 0 radical (unpaired) electrons. The van der Waals surface area contributed by atoms with Crippen LogP contribution < -0.4 is 4.80 Å². The lowest BCUT2D eigenvalue weighted by molar-refractivity contribution is 0.0513. The monoisotopic (exact) mass is 510 g/mol. The number of esters is 1. The average molecular weight is 511 g/mol. The second-order valence-electron chi connectivity index (χ2n) is 7.99. The van der Waals surface area contributed by atoms with Gasteiger partial charge < -0.3 is 9.30 Å². The minimum atomic E-state index is -0.460. The van der Waals surface area contributed by atoms with Crippen molar-refractivity contribution in [1.82, 2.24) is 25.2 Å². The highest BCUT2D eigenvalue weighted by molar-refractivity contribution is 7.07. The van der Waals surface area contributed by atoms with Gasteiger partial charge >= 0.3 is 5.97 Å². The maximum absolute atomic E-state index is 12.7. The van der Waals surface area contributed by atoms with E-state index in [-0.39, 0.29) is 12.5 Å². The zero-order chi connectivity index (χ0) is 25.6. The number of nitrogens with one attached hydrogen (secondary N) is 1. The number of carbonyl (C=O) groups excluding carboxylic acids is 2. The minimum absolute atomic E-state index is 0.249. The first kappa shape index (κ1) is 24.0. The number of tetrazole rings is 1. The van der Waals surface area contributed by atoms with Crippen molar-refractivity contribution in [2.45, 2.75) is 13.5 Å². The van der Waals surface area contributed by atoms with Gasteiger partial charge in [0.05, 0.1) is 13.2 Å². The predicted octanol–water partition coefficient (Wildman–Crippen LogP) is 4.36. The van der Waals surface area contributed by atoms with E-state index in [0.717, 1.165) is 22.3 Å². The van der Waals surface area contributed by atoms with Crippen molar-refractivity contribution in [2.24, 2.45) is 4.99 Å². The highest BCUT2D eigenvalue weighted by atomic mass is 32.1. The van der Waals surface area contributed by atoms with Crippen LogP contribution in [0.5, 0.6) is 0 Å². The largest absolute Gasteiger partial charge is 0.461 e. The molecule has 0 fully saturated rings. The molecule has 184 valence electrons. The van der Waals surface area contributed by atoms with Gasteiger partial charge in [0.25, 0.3) is 5.91 Å². The van der Waals surface area contributed by atoms with Gasteiger partial charge in [-0.25, -0.2) is 9.89 Å². The van der Waals surface area contributed by atoms with E-state index in [1.165, 1.54) is 11.3 Å². The van der Waals surface area contributed by atoms with Crippen molar-refractivity contribution in [3.63, 3.8) is 0 Å². The summed E-state index contributed by atoms with van der Waals surface area (Å²) in [5.41, 5.74) is 4.61. The van der Waals surface area contributed by atoms with Crippen LogP contribution in [0.3, 0.4) is 0 Å². The van der Waals surface area contributed by atoms with E-state index < -0.39 is 5.97 Å². The van der Waals surface area contributed by atoms with Gasteiger partial charge in [-0.15, -0.1) is 16.4 Å². The van der Waals surface area contributed by atoms with Gasteiger partial charge in [0.2, 0.25) is 0 Å². The number of aromatic nitrogens is 5. The Morgan fingerprint density at radius 2 is 1.70 bits per heavy atom. The number of thiazole rings is 1. The quantitative estimate of drug-likeness (QED) is 0.325. The molecule has 0 aliphatic rings. The number of rotatable bonds is 7. The predicted molar refractivity (Wildman–Crippen MR) is 139 cm³/mol. The highest BCUT2D eigenvalue weighted by Crippen LogP contribution is 2.29. The summed E-state index contributed by atoms with van der Waals surface area (Å²) in [7, 11) is 0. The molecule has 1 N–H and O–H groups in total. The number of carbonyl (C=O) groups is 2. The maximum atomic E-state index is 12.7. The van der Waals surface area contributed by atoms with Crippen LogP contribution in [0.25, 0.3) is 22.5 Å². The molecule has 0 aliphatic heterocycles. The molecule has 9 nitrogen and oxygen atoms in total. The maximum Gasteiger partial charge on any atom is 0.355 e. The molecule has 5 rings (SSSR count). The first-order valence-electron chi connectivity index (χ1n) is 11.6. The van der Waals surface area contributed by atoms with Crippen LogP contribution in [0.1, 0.15) is 33.3 Å². The molecule has 0 saturated carbocycles. The Labute approximate surface area is 216 Å². The molecule has 1 amide bonds. The van der Waals surface area contributed by atoms with E-state index >= 15 is 0 Å². The van der Waals surface area contributed by atoms with Gasteiger partial charge in [-0.3, -0.25) is 4.79 Å². The van der Waals surface area contributed by atoms with Crippen LogP contribution in [0.2, 0.25) is 0 Å². The fourth-order valence-electron chi connectivity index (χ4n) is 3.86. The van der Waals surface area contributed by atoms with Crippen LogP contribution in [0.4, 0.5) is 0 Å². The molecule has 0 saturated heterocycles. The van der Waals surface area contributed by atoms with E-state index in [9.17, 15) is 9.59 Å². The lowest BCUT2D eigenvalue weighted by Crippen LogP contribution is -2.23. The standard InChI is InChI=1S/C27H22N6O3S/c1-2-36-26(35)23-17-37-27(28-25(34)20-8-4-3-5-9-20)33(23)16-18-12-14-19(15-13-18)21-10-6-7-11-22(21)24-29-31-32-30-24/h3-15,17H,2,16H2,1H3,(H,29,30,31,32). The van der Waals surface area contributed by atoms with Crippen molar-refractivity contribution in [2.75, 3.05) is 6.61 Å². The van der Waals surface area contributed by atoms with Crippen LogP contribution in [-0.4, -0.2) is 43.7 Å². The molecule has 2 aromatic heterocycles. The molecule has 0 spiro atoms. The van der Waals surface area contributed by atoms with E-state index in [0.29, 0.717) is 28.4 Å². The Morgan fingerprint density at radius 1 is 0.973 bits per heavy atom. The van der Waals surface area contributed by atoms with Crippen LogP contribution in [0, 0.1) is 0 Å². The van der Waals surface area contributed by atoms with Crippen LogP contribution >= 0.6 is 11.3 Å². The van der Waals surface area contributed by atoms with Crippen molar-refractivity contribution < 1.29 is 14.3 Å². The molecule has 5 aromatic rings. The summed E-state index contributed by atoms with van der Waals surface area (Å²) in [6, 6.07) is 24.6. The number of amides is 1. The van der Waals surface area contributed by atoms with E-state index in [4.69, 9.17) is 4.74 Å². The summed E-state index contributed by atoms with van der Waals surface area (Å²) < 4.78 is 6.95. The first-order chi connectivity index (χ1) is 18.1. The fraction of sp³-hybridized carbons (Fsp3) is 0.111. The molecular weight excluding hydrogens is 488 g/mol. The summed E-state index contributed by atoms with van der Waals surface area (Å²) >= 11 is 1.23. The summed E-state index contributed by atoms with van der Waals surface area (Å²) in [5, 5.41) is 15.9. The number of aromatic amines is 1. The molecule has 0 atom stereocenters. The Morgan fingerprint density at radius 3 is 2.41 bits per heavy atom. The number of hydrogen-bond acceptors (Lipinski definition) is 7. The Bertz CT molecular complexity index is 1590. The molecular formula is C27H22N6O3S. The van der Waals surface area contributed by atoms with E-state index in [1.54, 1.807) is 41.1 Å². The Hall–Kier alpha value is -4.70. The zero-order valence-electron chi connectivity index (χ0n) is 19.9. The summed E-state index contributed by atoms with van der Waals surface area (Å²) in [5.74, 6) is -0.249. The SMILES string of the molecule is CCOC(=O)c1csc(=NC(=O)c2ccccc2)n1Cc1ccc(-c2ccccc2-c2nnn[nH]2)cc1. The summed E-state index contributed by atoms with van der Waals surface area (Å²) in [6.07, 6.45) is 0. The topological polar surface area (TPSA) is 115 Å². The fourth-order valence-corrected chi connectivity index (χ4v) is 4.73. The van der Waals surface area contributed by atoms with Gasteiger partial charge in [0, 0.05) is 16.5 Å². The number of hydrogen-bond donors (Lipinski definition) is 1. The lowest BCUT2D eigenvalue weighted by atomic mass is 9.98. The second kappa shape index (κ2) is 10.9. The van der Waals surface area contributed by atoms with Gasteiger partial charge in [0.15, 0.2) is 10.6 Å². The molecule has 10 heteroatoms. The summed E-state index contributed by atoms with van der Waals surface area (Å²) in [4.78, 5) is 30.1. The van der Waals surface area contributed by atoms with Crippen molar-refractivity contribution >= 4 is 23.2 Å². The van der Waals surface area contributed by atoms with Crippen molar-refractivity contribution in [3.8, 4) is 22.5 Å². The molecule has 3 aromatic carbocycles. The van der Waals surface area contributed by atoms with Crippen molar-refractivity contribution in [1.29, 1.82) is 0 Å². The number of H-pyrrole nitrogens is 1. The number of nitrogens with zero attached hydrogens (tertiary/aromatic N) is 5. The Balaban J connectivity index is 1.48. The van der Waals surface area contributed by atoms with Crippen LogP contribution in [-0.2, 0) is 11.3 Å². The smallest absolute Gasteiger partial charge is 0.355 e. The third-order valence-electron chi connectivity index (χ3n) is 5.63. The molecule has 37 heavy (non-hydrogen) atoms. The van der Waals surface area contributed by atoms with E-state index in [1.807, 2.05) is 54.6 Å². The van der Waals surface area contributed by atoms with E-state index in [2.05, 4.69) is 25.6 Å². The second-order valence-corrected chi connectivity index (χ2v) is 8.82. The lowest BCUT2D eigenvalue weighted by Gasteiger charge is -2.11. The third kappa shape index (κ3) is 5.29. The van der Waals surface area contributed by atoms with Gasteiger partial charge in [-0.1, -0.05) is 66.7 Å². The van der Waals surface area contributed by atoms with Gasteiger partial charge in [-0.05, 0) is 46.2 Å². The van der Waals surface area contributed by atoms with Crippen molar-refractivity contribution in [3.05, 3.63) is 106 Å². The average Bonchev–Trinajstić information content (AvgIpc) is 3.61.